The molecule has 0 amide bonds. The first-order chi connectivity index (χ1) is 7.67. The first-order valence-electron chi connectivity index (χ1n) is 5.68. The van der Waals surface area contributed by atoms with E-state index >= 15 is 0 Å². The Hall–Kier alpha value is -1.22. The lowest BCUT2D eigenvalue weighted by atomic mass is 9.81. The smallest absolute Gasteiger partial charge is 0.161 e. The highest BCUT2D eigenvalue weighted by atomic mass is 16.5. The Kier molecular flexibility index (Phi) is 3.06. The topological polar surface area (TPSA) is 44.5 Å². The van der Waals surface area contributed by atoms with Crippen molar-refractivity contribution in [3.05, 3.63) is 23.3 Å². The Bertz CT molecular complexity index is 353. The molecule has 1 aromatic rings. The fourth-order valence-corrected chi connectivity index (χ4v) is 2.40. The van der Waals surface area contributed by atoms with Crippen molar-refractivity contribution in [2.24, 2.45) is 5.73 Å². The molecule has 0 saturated heterocycles. The summed E-state index contributed by atoms with van der Waals surface area (Å²) in [7, 11) is 3.32. The van der Waals surface area contributed by atoms with E-state index in [0.29, 0.717) is 5.92 Å². The van der Waals surface area contributed by atoms with Gasteiger partial charge in [-0.05, 0) is 42.0 Å². The van der Waals surface area contributed by atoms with E-state index in [0.717, 1.165) is 24.3 Å². The number of ether oxygens (including phenoxy) is 2. The summed E-state index contributed by atoms with van der Waals surface area (Å²) in [6.07, 6.45) is 2.19. The molecule has 2 N–H and O–H groups in total. The van der Waals surface area contributed by atoms with E-state index in [-0.39, 0.29) is 6.04 Å². The minimum atomic E-state index is 0.131. The Balaban J connectivity index is 2.53. The van der Waals surface area contributed by atoms with Crippen molar-refractivity contribution in [1.29, 1.82) is 0 Å². The Morgan fingerprint density at radius 2 is 1.62 bits per heavy atom. The minimum Gasteiger partial charge on any atom is -0.493 e. The number of nitrogens with two attached hydrogens (primary N) is 1. The molecule has 0 spiro atoms. The molecule has 2 rings (SSSR count). The van der Waals surface area contributed by atoms with Gasteiger partial charge in [0, 0.05) is 6.04 Å². The van der Waals surface area contributed by atoms with Gasteiger partial charge < -0.3 is 15.2 Å². The Labute approximate surface area is 96.5 Å². The third kappa shape index (κ3) is 1.76. The summed E-state index contributed by atoms with van der Waals surface area (Å²) in [5.41, 5.74) is 8.63. The Morgan fingerprint density at radius 1 is 1.06 bits per heavy atom. The molecule has 0 fully saturated rings. The number of benzene rings is 1. The quantitative estimate of drug-likeness (QED) is 0.834. The van der Waals surface area contributed by atoms with Gasteiger partial charge in [0.2, 0.25) is 0 Å². The van der Waals surface area contributed by atoms with Crippen LogP contribution in [0.15, 0.2) is 12.1 Å². The maximum Gasteiger partial charge on any atom is 0.161 e. The normalized spacial score (nSPS) is 23.8. The summed E-state index contributed by atoms with van der Waals surface area (Å²) in [5.74, 6) is 2.11. The van der Waals surface area contributed by atoms with Crippen LogP contribution in [-0.2, 0) is 0 Å². The highest BCUT2D eigenvalue weighted by Gasteiger charge is 2.24. The van der Waals surface area contributed by atoms with Crippen molar-refractivity contribution < 1.29 is 9.47 Å². The standard InChI is InChI=1S/C13H19NO2/c1-8-4-5-11(14)10-7-13(16-3)12(15-2)6-9(8)10/h6-8,11H,4-5,14H2,1-3H3/t8?,11-/m1/s1. The second-order valence-corrected chi connectivity index (χ2v) is 4.42. The zero-order chi connectivity index (χ0) is 11.7. The molecular weight excluding hydrogens is 202 g/mol. The van der Waals surface area contributed by atoms with Crippen LogP contribution in [0.25, 0.3) is 0 Å². The van der Waals surface area contributed by atoms with Crippen LogP contribution in [0.5, 0.6) is 11.5 Å². The first kappa shape index (κ1) is 11.3. The van der Waals surface area contributed by atoms with Crippen LogP contribution in [0.4, 0.5) is 0 Å². The number of rotatable bonds is 2. The largest absolute Gasteiger partial charge is 0.493 e. The molecular formula is C13H19NO2. The van der Waals surface area contributed by atoms with E-state index in [4.69, 9.17) is 15.2 Å². The predicted octanol–water partition coefficient (Wildman–Crippen LogP) is 2.60. The molecule has 16 heavy (non-hydrogen) atoms. The number of methoxy groups -OCH3 is 2. The highest BCUT2D eigenvalue weighted by molar-refractivity contribution is 5.50. The number of hydrogen-bond acceptors (Lipinski definition) is 3. The lowest BCUT2D eigenvalue weighted by Crippen LogP contribution is -2.19. The second-order valence-electron chi connectivity index (χ2n) is 4.42. The molecule has 0 radical (unpaired) electrons. The van der Waals surface area contributed by atoms with Crippen LogP contribution < -0.4 is 15.2 Å². The van der Waals surface area contributed by atoms with E-state index in [9.17, 15) is 0 Å². The molecule has 3 nitrogen and oxygen atoms in total. The van der Waals surface area contributed by atoms with Crippen molar-refractivity contribution in [2.75, 3.05) is 14.2 Å². The van der Waals surface area contributed by atoms with E-state index in [1.54, 1.807) is 14.2 Å². The fourth-order valence-electron chi connectivity index (χ4n) is 2.40. The minimum absolute atomic E-state index is 0.131. The maximum absolute atomic E-state index is 6.13. The molecule has 0 saturated carbocycles. The third-order valence-electron chi connectivity index (χ3n) is 3.43. The highest BCUT2D eigenvalue weighted by Crippen LogP contribution is 2.41. The monoisotopic (exact) mass is 221 g/mol. The average Bonchev–Trinajstić information content (AvgIpc) is 2.32. The summed E-state index contributed by atoms with van der Waals surface area (Å²) in [6.45, 7) is 2.23. The molecule has 88 valence electrons. The maximum atomic E-state index is 6.13. The van der Waals surface area contributed by atoms with Gasteiger partial charge in [0.15, 0.2) is 11.5 Å². The molecule has 1 unspecified atom stereocenters. The molecule has 0 aliphatic heterocycles. The lowest BCUT2D eigenvalue weighted by Gasteiger charge is -2.28. The van der Waals surface area contributed by atoms with E-state index < -0.39 is 0 Å². The van der Waals surface area contributed by atoms with E-state index in [1.165, 1.54) is 11.1 Å². The van der Waals surface area contributed by atoms with Gasteiger partial charge in [0.25, 0.3) is 0 Å². The predicted molar refractivity (Wildman–Crippen MR) is 64.1 cm³/mol. The summed E-state index contributed by atoms with van der Waals surface area (Å²) < 4.78 is 10.6. The first-order valence-corrected chi connectivity index (χ1v) is 5.68. The zero-order valence-electron chi connectivity index (χ0n) is 10.1. The van der Waals surface area contributed by atoms with Crippen molar-refractivity contribution in [3.63, 3.8) is 0 Å². The van der Waals surface area contributed by atoms with Crippen molar-refractivity contribution >= 4 is 0 Å². The van der Waals surface area contributed by atoms with Crippen LogP contribution in [0, 0.1) is 0 Å². The van der Waals surface area contributed by atoms with Crippen LogP contribution in [-0.4, -0.2) is 14.2 Å². The number of fused-ring (bicyclic) bond motifs is 1. The van der Waals surface area contributed by atoms with Gasteiger partial charge in [0.1, 0.15) is 0 Å². The molecule has 1 aliphatic rings. The van der Waals surface area contributed by atoms with Gasteiger partial charge in [-0.1, -0.05) is 6.92 Å². The van der Waals surface area contributed by atoms with Crippen LogP contribution in [0.3, 0.4) is 0 Å². The molecule has 3 heteroatoms. The van der Waals surface area contributed by atoms with E-state index in [1.807, 2.05) is 6.07 Å². The summed E-state index contributed by atoms with van der Waals surface area (Å²) in [5, 5.41) is 0. The second kappa shape index (κ2) is 4.34. The van der Waals surface area contributed by atoms with Crippen molar-refractivity contribution in [2.45, 2.75) is 31.7 Å². The van der Waals surface area contributed by atoms with E-state index in [2.05, 4.69) is 13.0 Å². The molecule has 0 bridgehead atoms. The van der Waals surface area contributed by atoms with Gasteiger partial charge in [-0.25, -0.2) is 0 Å². The molecule has 1 aliphatic carbocycles. The summed E-state index contributed by atoms with van der Waals surface area (Å²) in [6, 6.07) is 4.22. The van der Waals surface area contributed by atoms with Crippen LogP contribution in [0.1, 0.15) is 42.9 Å². The molecule has 0 heterocycles. The van der Waals surface area contributed by atoms with Gasteiger partial charge in [-0.3, -0.25) is 0 Å². The molecule has 1 aromatic carbocycles. The SMILES string of the molecule is COc1cc2c(cc1OC)[C@H](N)CCC2C. The van der Waals surface area contributed by atoms with Gasteiger partial charge in [-0.2, -0.15) is 0 Å². The van der Waals surface area contributed by atoms with Crippen molar-refractivity contribution in [3.8, 4) is 11.5 Å². The van der Waals surface area contributed by atoms with Crippen LogP contribution >= 0.6 is 0 Å². The van der Waals surface area contributed by atoms with Crippen molar-refractivity contribution in [1.82, 2.24) is 0 Å². The number of hydrogen-bond donors (Lipinski definition) is 1. The summed E-state index contributed by atoms with van der Waals surface area (Å²) >= 11 is 0. The Morgan fingerprint density at radius 3 is 2.19 bits per heavy atom. The van der Waals surface area contributed by atoms with Gasteiger partial charge >= 0.3 is 0 Å². The summed E-state index contributed by atoms with van der Waals surface area (Å²) in [4.78, 5) is 0. The van der Waals surface area contributed by atoms with Gasteiger partial charge in [0.05, 0.1) is 14.2 Å². The molecule has 2 atom stereocenters. The fraction of sp³-hybridized carbons (Fsp3) is 0.538. The van der Waals surface area contributed by atoms with Crippen LogP contribution in [0.2, 0.25) is 0 Å². The molecule has 0 aromatic heterocycles. The van der Waals surface area contributed by atoms with Gasteiger partial charge in [-0.15, -0.1) is 0 Å². The zero-order valence-corrected chi connectivity index (χ0v) is 10.1. The third-order valence-corrected chi connectivity index (χ3v) is 3.43. The average molecular weight is 221 g/mol. The lowest BCUT2D eigenvalue weighted by molar-refractivity contribution is 0.352.